The number of hydrogen-bond donors (Lipinski definition) is 6. The average molecular weight is 285 g/mol. The molecule has 8 nitrogen and oxygen atoms in total. The van der Waals surface area contributed by atoms with Crippen LogP contribution in [-0.4, -0.2) is 76.1 Å². The highest BCUT2D eigenvalue weighted by atomic mass is 35.5. The number of carbonyl (C=O) groups excluding carboxylic acids is 1. The number of alkyl halides is 1. The van der Waals surface area contributed by atoms with Gasteiger partial charge in [0.05, 0.1) is 6.61 Å². The van der Waals surface area contributed by atoms with Gasteiger partial charge >= 0.3 is 6.03 Å². The Morgan fingerprint density at radius 1 is 1.28 bits per heavy atom. The van der Waals surface area contributed by atoms with Gasteiger partial charge in [-0.15, -0.1) is 11.6 Å². The summed E-state index contributed by atoms with van der Waals surface area (Å²) in [5.41, 5.74) is 0. The van der Waals surface area contributed by atoms with E-state index in [1.807, 2.05) is 0 Å². The van der Waals surface area contributed by atoms with Gasteiger partial charge in [-0.25, -0.2) is 4.79 Å². The molecule has 0 saturated carbocycles. The Balaban J connectivity index is 2.57. The van der Waals surface area contributed by atoms with E-state index in [0.29, 0.717) is 0 Å². The molecule has 6 N–H and O–H groups in total. The van der Waals surface area contributed by atoms with Crippen molar-refractivity contribution in [3.05, 3.63) is 0 Å². The maximum absolute atomic E-state index is 11.3. The van der Waals surface area contributed by atoms with Crippen LogP contribution in [0, 0.1) is 0 Å². The number of halogens is 1. The van der Waals surface area contributed by atoms with Gasteiger partial charge in [0, 0.05) is 12.4 Å². The maximum atomic E-state index is 11.3. The van der Waals surface area contributed by atoms with Crippen LogP contribution in [0.15, 0.2) is 0 Å². The molecule has 2 amide bonds. The lowest BCUT2D eigenvalue weighted by Crippen LogP contribution is -2.65. The van der Waals surface area contributed by atoms with Gasteiger partial charge in [0.25, 0.3) is 0 Å². The molecule has 0 aromatic rings. The minimum absolute atomic E-state index is 0.217. The lowest BCUT2D eigenvalue weighted by atomic mass is 9.97. The number of ether oxygens (including phenoxy) is 1. The molecule has 1 aliphatic rings. The van der Waals surface area contributed by atoms with E-state index >= 15 is 0 Å². The molecule has 5 atom stereocenters. The van der Waals surface area contributed by atoms with Crippen LogP contribution in [0.25, 0.3) is 0 Å². The van der Waals surface area contributed by atoms with Crippen LogP contribution in [0.1, 0.15) is 0 Å². The van der Waals surface area contributed by atoms with Crippen LogP contribution in [0.4, 0.5) is 4.79 Å². The highest BCUT2D eigenvalue weighted by molar-refractivity contribution is 6.18. The van der Waals surface area contributed by atoms with E-state index < -0.39 is 43.3 Å². The Morgan fingerprint density at radius 3 is 2.50 bits per heavy atom. The topological polar surface area (TPSA) is 131 Å². The Morgan fingerprint density at radius 2 is 1.94 bits per heavy atom. The Labute approximate surface area is 109 Å². The number of nitrogens with one attached hydrogen (secondary N) is 2. The van der Waals surface area contributed by atoms with Crippen LogP contribution in [0.5, 0.6) is 0 Å². The lowest BCUT2D eigenvalue weighted by Gasteiger charge is -2.40. The van der Waals surface area contributed by atoms with Gasteiger partial charge in [0.1, 0.15) is 24.4 Å². The minimum atomic E-state index is -1.53. The number of rotatable bonds is 4. The summed E-state index contributed by atoms with van der Waals surface area (Å²) in [6.45, 7) is -0.338. The van der Waals surface area contributed by atoms with Gasteiger partial charge in [-0.2, -0.15) is 0 Å². The standard InChI is InChI=1S/C9H17ClN2O6/c10-1-2-11-9(17)12-5-7(15)6(14)4(3-13)18-8(5)16/h4-8,13-16H,1-3H2,(H2,11,12,17)/t4-,5-,6+,7+,8-/m0/s1. The number of hydrogen-bond acceptors (Lipinski definition) is 6. The van der Waals surface area contributed by atoms with E-state index in [1.165, 1.54) is 0 Å². The molecule has 0 bridgehead atoms. The van der Waals surface area contributed by atoms with E-state index in [1.54, 1.807) is 0 Å². The smallest absolute Gasteiger partial charge is 0.315 e. The van der Waals surface area contributed by atoms with E-state index in [-0.39, 0.29) is 12.4 Å². The number of urea groups is 1. The van der Waals surface area contributed by atoms with Crippen molar-refractivity contribution in [2.45, 2.75) is 30.6 Å². The second-order valence-corrected chi connectivity index (χ2v) is 4.22. The van der Waals surface area contributed by atoms with Crippen LogP contribution in [0.3, 0.4) is 0 Å². The zero-order chi connectivity index (χ0) is 13.7. The molecule has 1 saturated heterocycles. The molecule has 0 unspecified atom stereocenters. The van der Waals surface area contributed by atoms with Crippen LogP contribution < -0.4 is 10.6 Å². The number of amides is 2. The number of aliphatic hydroxyl groups excluding tert-OH is 4. The minimum Gasteiger partial charge on any atom is -0.394 e. The summed E-state index contributed by atoms with van der Waals surface area (Å²) in [4.78, 5) is 11.3. The van der Waals surface area contributed by atoms with Crippen molar-refractivity contribution in [1.82, 2.24) is 10.6 Å². The van der Waals surface area contributed by atoms with Crippen molar-refractivity contribution in [1.29, 1.82) is 0 Å². The van der Waals surface area contributed by atoms with E-state index in [0.717, 1.165) is 0 Å². The zero-order valence-electron chi connectivity index (χ0n) is 9.49. The van der Waals surface area contributed by atoms with Crippen LogP contribution in [0.2, 0.25) is 0 Å². The molecule has 0 aromatic carbocycles. The summed E-state index contributed by atoms with van der Waals surface area (Å²) in [5.74, 6) is 0.217. The van der Waals surface area contributed by atoms with E-state index in [4.69, 9.17) is 21.4 Å². The molecule has 0 aliphatic carbocycles. The van der Waals surface area contributed by atoms with Crippen molar-refractivity contribution in [3.8, 4) is 0 Å². The first kappa shape index (κ1) is 15.4. The molecule has 0 aromatic heterocycles. The third-order valence-electron chi connectivity index (χ3n) is 2.58. The molecule has 0 spiro atoms. The monoisotopic (exact) mass is 284 g/mol. The summed E-state index contributed by atoms with van der Waals surface area (Å²) in [6, 6.07) is -1.85. The van der Waals surface area contributed by atoms with Crippen molar-refractivity contribution >= 4 is 17.6 Å². The quantitative estimate of drug-likeness (QED) is 0.312. The molecular formula is C9H17ClN2O6. The van der Waals surface area contributed by atoms with Gasteiger partial charge in [0.15, 0.2) is 6.29 Å². The summed E-state index contributed by atoms with van der Waals surface area (Å²) in [7, 11) is 0. The predicted molar refractivity (Wildman–Crippen MR) is 61.0 cm³/mol. The summed E-state index contributed by atoms with van der Waals surface area (Å²) >= 11 is 5.37. The zero-order valence-corrected chi connectivity index (χ0v) is 10.2. The molecule has 9 heteroatoms. The predicted octanol–water partition coefficient (Wildman–Crippen LogP) is -2.68. The first-order valence-electron chi connectivity index (χ1n) is 5.42. The Kier molecular flexibility index (Phi) is 6.06. The second kappa shape index (κ2) is 7.07. The van der Waals surface area contributed by atoms with Crippen molar-refractivity contribution in [2.75, 3.05) is 19.0 Å². The summed E-state index contributed by atoms with van der Waals surface area (Å²) in [5, 5.41) is 42.3. The highest BCUT2D eigenvalue weighted by Gasteiger charge is 2.44. The summed E-state index contributed by atoms with van der Waals surface area (Å²) < 4.78 is 4.86. The van der Waals surface area contributed by atoms with Crippen LogP contribution in [-0.2, 0) is 4.74 Å². The van der Waals surface area contributed by atoms with Gasteiger partial charge in [-0.05, 0) is 0 Å². The summed E-state index contributed by atoms with van der Waals surface area (Å²) in [6.07, 6.45) is -5.48. The van der Waals surface area contributed by atoms with Crippen molar-refractivity contribution in [2.24, 2.45) is 0 Å². The molecule has 0 radical (unpaired) electrons. The third-order valence-corrected chi connectivity index (χ3v) is 2.77. The van der Waals surface area contributed by atoms with Crippen molar-refractivity contribution in [3.63, 3.8) is 0 Å². The fraction of sp³-hybridized carbons (Fsp3) is 0.889. The second-order valence-electron chi connectivity index (χ2n) is 3.84. The van der Waals surface area contributed by atoms with Gasteiger partial charge in [0.2, 0.25) is 0 Å². The number of aliphatic hydroxyl groups is 4. The highest BCUT2D eigenvalue weighted by Crippen LogP contribution is 2.19. The van der Waals surface area contributed by atoms with Gasteiger partial charge < -0.3 is 35.8 Å². The third kappa shape index (κ3) is 3.67. The van der Waals surface area contributed by atoms with Crippen LogP contribution >= 0.6 is 11.6 Å². The van der Waals surface area contributed by atoms with Crippen molar-refractivity contribution < 1.29 is 30.0 Å². The van der Waals surface area contributed by atoms with E-state index in [9.17, 15) is 20.1 Å². The largest absolute Gasteiger partial charge is 0.394 e. The van der Waals surface area contributed by atoms with E-state index in [2.05, 4.69) is 10.6 Å². The number of carbonyl (C=O) groups is 1. The molecule has 106 valence electrons. The first-order valence-corrected chi connectivity index (χ1v) is 5.95. The molecule has 1 rings (SSSR count). The lowest BCUT2D eigenvalue weighted by molar-refractivity contribution is -0.252. The molecular weight excluding hydrogens is 268 g/mol. The molecule has 1 heterocycles. The fourth-order valence-electron chi connectivity index (χ4n) is 1.62. The fourth-order valence-corrected chi connectivity index (χ4v) is 1.71. The SMILES string of the molecule is O=C(NCCCl)N[C@H]1[C@@H](O)[C@H](O)[C@H](CO)O[C@@H]1O. The Hall–Kier alpha value is -0.640. The average Bonchev–Trinajstić information content (AvgIpc) is 2.36. The molecule has 1 fully saturated rings. The van der Waals surface area contributed by atoms with Gasteiger partial charge in [-0.3, -0.25) is 0 Å². The Bertz CT molecular complexity index is 282. The normalized spacial score (nSPS) is 36.2. The maximum Gasteiger partial charge on any atom is 0.315 e. The molecule has 18 heavy (non-hydrogen) atoms. The first-order chi connectivity index (χ1) is 8.51. The molecule has 1 aliphatic heterocycles. The van der Waals surface area contributed by atoms with Gasteiger partial charge in [-0.1, -0.05) is 0 Å².